The third kappa shape index (κ3) is 4.06. The van der Waals surface area contributed by atoms with E-state index in [1.165, 1.54) is 0 Å². The van der Waals surface area contributed by atoms with Crippen molar-refractivity contribution >= 4 is 11.8 Å². The highest BCUT2D eigenvalue weighted by atomic mass is 16.5. The normalized spacial score (nSPS) is 19.4. The van der Waals surface area contributed by atoms with Gasteiger partial charge in [-0.25, -0.2) is 0 Å². The maximum absolute atomic E-state index is 12.6. The second-order valence-corrected chi connectivity index (χ2v) is 6.51. The minimum absolute atomic E-state index is 0.0745. The third-order valence-corrected chi connectivity index (χ3v) is 4.65. The molecule has 2 aliphatic heterocycles. The van der Waals surface area contributed by atoms with Gasteiger partial charge in [-0.1, -0.05) is 19.1 Å². The molecule has 2 heterocycles. The topological polar surface area (TPSA) is 67.9 Å². The summed E-state index contributed by atoms with van der Waals surface area (Å²) in [6.07, 6.45) is 3.76. The molecule has 25 heavy (non-hydrogen) atoms. The minimum Gasteiger partial charge on any atom is -0.490 e. The highest BCUT2D eigenvalue weighted by molar-refractivity contribution is 5.88. The molecular formula is C19H26N2O4. The first-order valence-corrected chi connectivity index (χ1v) is 9.15. The van der Waals surface area contributed by atoms with Crippen molar-refractivity contribution in [1.29, 1.82) is 0 Å². The summed E-state index contributed by atoms with van der Waals surface area (Å²) in [6.45, 7) is 4.28. The second-order valence-electron chi connectivity index (χ2n) is 6.51. The van der Waals surface area contributed by atoms with Gasteiger partial charge in [-0.2, -0.15) is 0 Å². The van der Waals surface area contributed by atoms with Crippen molar-refractivity contribution in [3.05, 3.63) is 23.8 Å². The number of rotatable bonds is 5. The summed E-state index contributed by atoms with van der Waals surface area (Å²) in [7, 11) is 0. The minimum atomic E-state index is -0.349. The molecule has 3 rings (SSSR count). The van der Waals surface area contributed by atoms with Gasteiger partial charge in [0.05, 0.1) is 13.2 Å². The first-order chi connectivity index (χ1) is 12.2. The zero-order valence-electron chi connectivity index (χ0n) is 14.8. The van der Waals surface area contributed by atoms with Crippen molar-refractivity contribution in [3.63, 3.8) is 0 Å². The lowest BCUT2D eigenvalue weighted by atomic mass is 10.1. The average molecular weight is 346 g/mol. The molecular weight excluding hydrogens is 320 g/mol. The van der Waals surface area contributed by atoms with E-state index < -0.39 is 0 Å². The number of nitrogens with one attached hydrogen (secondary N) is 1. The van der Waals surface area contributed by atoms with E-state index in [-0.39, 0.29) is 17.9 Å². The van der Waals surface area contributed by atoms with Crippen LogP contribution in [0, 0.1) is 0 Å². The molecule has 136 valence electrons. The molecule has 1 unspecified atom stereocenters. The lowest BCUT2D eigenvalue weighted by molar-refractivity contribution is -0.138. The SMILES string of the molecule is CCCC(=O)N1CCCC1C(=O)NCc1cccc2c1OCCCO2. The standard InChI is InChI=1S/C19H26N2O4/c1-2-6-17(22)21-10-4-8-15(21)19(23)20-13-14-7-3-9-16-18(14)25-12-5-11-24-16/h3,7,9,15H,2,4-6,8,10-13H2,1H3,(H,20,23). The maximum Gasteiger partial charge on any atom is 0.243 e. The fraction of sp³-hybridized carbons (Fsp3) is 0.579. The Labute approximate surface area is 148 Å². The third-order valence-electron chi connectivity index (χ3n) is 4.65. The van der Waals surface area contributed by atoms with E-state index in [1.807, 2.05) is 25.1 Å². The Balaban J connectivity index is 1.64. The Morgan fingerprint density at radius 2 is 2.08 bits per heavy atom. The van der Waals surface area contributed by atoms with Crippen LogP contribution in [0.3, 0.4) is 0 Å². The molecule has 6 heteroatoms. The predicted octanol–water partition coefficient (Wildman–Crippen LogP) is 2.26. The van der Waals surface area contributed by atoms with Gasteiger partial charge in [0, 0.05) is 31.5 Å². The van der Waals surface area contributed by atoms with Crippen molar-refractivity contribution < 1.29 is 19.1 Å². The summed E-state index contributed by atoms with van der Waals surface area (Å²) in [5, 5.41) is 2.97. The number of likely N-dealkylation sites (tertiary alicyclic amines) is 1. The molecule has 0 saturated carbocycles. The molecule has 0 bridgehead atoms. The van der Waals surface area contributed by atoms with Crippen molar-refractivity contribution in [2.75, 3.05) is 19.8 Å². The molecule has 2 aliphatic rings. The van der Waals surface area contributed by atoms with Crippen molar-refractivity contribution in [2.45, 2.75) is 51.6 Å². The maximum atomic E-state index is 12.6. The monoisotopic (exact) mass is 346 g/mol. The molecule has 6 nitrogen and oxygen atoms in total. The average Bonchev–Trinajstić information content (AvgIpc) is 2.98. The van der Waals surface area contributed by atoms with Crippen LogP contribution in [0.2, 0.25) is 0 Å². The van der Waals surface area contributed by atoms with E-state index in [9.17, 15) is 9.59 Å². The lowest BCUT2D eigenvalue weighted by Crippen LogP contribution is -2.45. The zero-order valence-corrected chi connectivity index (χ0v) is 14.8. The smallest absolute Gasteiger partial charge is 0.243 e. The molecule has 1 fully saturated rings. The number of nitrogens with zero attached hydrogens (tertiary/aromatic N) is 1. The van der Waals surface area contributed by atoms with Crippen LogP contribution >= 0.6 is 0 Å². The van der Waals surface area contributed by atoms with Crippen molar-refractivity contribution in [2.24, 2.45) is 0 Å². The number of fused-ring (bicyclic) bond motifs is 1. The Bertz CT molecular complexity index is 632. The van der Waals surface area contributed by atoms with Gasteiger partial charge in [0.1, 0.15) is 6.04 Å². The summed E-state index contributed by atoms with van der Waals surface area (Å²) in [6, 6.07) is 5.37. The number of carbonyl (C=O) groups is 2. The van der Waals surface area contributed by atoms with Gasteiger partial charge in [0.2, 0.25) is 11.8 Å². The molecule has 0 spiro atoms. The highest BCUT2D eigenvalue weighted by Gasteiger charge is 2.33. The number of amides is 2. The van der Waals surface area contributed by atoms with Gasteiger partial charge in [0.25, 0.3) is 0 Å². The van der Waals surface area contributed by atoms with E-state index >= 15 is 0 Å². The van der Waals surface area contributed by atoms with Crippen molar-refractivity contribution in [3.8, 4) is 11.5 Å². The Morgan fingerprint density at radius 3 is 2.92 bits per heavy atom. The number of hydrogen-bond acceptors (Lipinski definition) is 4. The largest absolute Gasteiger partial charge is 0.490 e. The van der Waals surface area contributed by atoms with Crippen molar-refractivity contribution in [1.82, 2.24) is 10.2 Å². The van der Waals surface area contributed by atoms with Crippen LogP contribution in [0.25, 0.3) is 0 Å². The van der Waals surface area contributed by atoms with E-state index in [0.29, 0.717) is 38.5 Å². The fourth-order valence-corrected chi connectivity index (χ4v) is 3.39. The summed E-state index contributed by atoms with van der Waals surface area (Å²) < 4.78 is 11.5. The first-order valence-electron chi connectivity index (χ1n) is 9.15. The number of para-hydroxylation sites is 1. The summed E-state index contributed by atoms with van der Waals surface area (Å²) in [5.41, 5.74) is 0.900. The number of hydrogen-bond donors (Lipinski definition) is 1. The molecule has 0 radical (unpaired) electrons. The molecule has 0 aliphatic carbocycles. The van der Waals surface area contributed by atoms with E-state index in [4.69, 9.17) is 9.47 Å². The molecule has 1 N–H and O–H groups in total. The predicted molar refractivity (Wildman–Crippen MR) is 93.5 cm³/mol. The Hall–Kier alpha value is -2.24. The second kappa shape index (κ2) is 8.23. The molecule has 1 saturated heterocycles. The van der Waals surface area contributed by atoms with Crippen LogP contribution in [-0.2, 0) is 16.1 Å². The highest BCUT2D eigenvalue weighted by Crippen LogP contribution is 2.33. The number of ether oxygens (including phenoxy) is 2. The molecule has 0 aromatic heterocycles. The van der Waals surface area contributed by atoms with E-state index in [0.717, 1.165) is 37.0 Å². The zero-order chi connectivity index (χ0) is 17.6. The summed E-state index contributed by atoms with van der Waals surface area (Å²) in [4.78, 5) is 26.5. The van der Waals surface area contributed by atoms with Crippen LogP contribution < -0.4 is 14.8 Å². The van der Waals surface area contributed by atoms with Crippen LogP contribution in [0.1, 0.15) is 44.6 Å². The number of benzene rings is 1. The fourth-order valence-electron chi connectivity index (χ4n) is 3.39. The lowest BCUT2D eigenvalue weighted by Gasteiger charge is -2.24. The van der Waals surface area contributed by atoms with Crippen LogP contribution in [0.15, 0.2) is 18.2 Å². The Kier molecular flexibility index (Phi) is 5.79. The Morgan fingerprint density at radius 1 is 1.24 bits per heavy atom. The summed E-state index contributed by atoms with van der Waals surface area (Å²) in [5.74, 6) is 1.43. The van der Waals surface area contributed by atoms with Gasteiger partial charge in [-0.3, -0.25) is 9.59 Å². The molecule has 1 aromatic rings. The molecule has 1 atom stereocenters. The number of carbonyl (C=O) groups excluding carboxylic acids is 2. The van der Waals surface area contributed by atoms with Gasteiger partial charge < -0.3 is 19.7 Å². The van der Waals surface area contributed by atoms with Crippen LogP contribution in [0.5, 0.6) is 11.5 Å². The quantitative estimate of drug-likeness (QED) is 0.888. The van der Waals surface area contributed by atoms with Gasteiger partial charge in [-0.05, 0) is 25.3 Å². The van der Waals surface area contributed by atoms with Crippen LogP contribution in [0.4, 0.5) is 0 Å². The molecule has 2 amide bonds. The van der Waals surface area contributed by atoms with Crippen LogP contribution in [-0.4, -0.2) is 42.5 Å². The summed E-state index contributed by atoms with van der Waals surface area (Å²) >= 11 is 0. The van der Waals surface area contributed by atoms with E-state index in [1.54, 1.807) is 4.90 Å². The van der Waals surface area contributed by atoms with Gasteiger partial charge >= 0.3 is 0 Å². The van der Waals surface area contributed by atoms with Gasteiger partial charge in [0.15, 0.2) is 11.5 Å². The van der Waals surface area contributed by atoms with Gasteiger partial charge in [-0.15, -0.1) is 0 Å². The molecule has 1 aromatic carbocycles. The first kappa shape index (κ1) is 17.6. The van der Waals surface area contributed by atoms with E-state index in [2.05, 4.69) is 5.32 Å².